The molecule has 2 heterocycles. The summed E-state index contributed by atoms with van der Waals surface area (Å²) < 4.78 is 0. The maximum absolute atomic E-state index is 10.9. The number of nitrogens with one attached hydrogen (secondary N) is 1. The third-order valence-electron chi connectivity index (χ3n) is 2.71. The quantitative estimate of drug-likeness (QED) is 0.788. The highest BCUT2D eigenvalue weighted by Gasteiger charge is 2.23. The normalized spacial score (nSPS) is 19.9. The standard InChI is InChI=1S/C11H16N4O/c1-8-5-11(13-7-12-8)15-4-3-10(6-15)14-9(2)16/h5,7,10H,3-4,6H2,1-2H3,(H,14,16)/t10-/m0/s1. The van der Waals surface area contributed by atoms with Gasteiger partial charge in [0.05, 0.1) is 0 Å². The van der Waals surface area contributed by atoms with E-state index < -0.39 is 0 Å². The van der Waals surface area contributed by atoms with Gasteiger partial charge in [-0.2, -0.15) is 0 Å². The van der Waals surface area contributed by atoms with Crippen LogP contribution in [0.4, 0.5) is 5.82 Å². The van der Waals surface area contributed by atoms with Crippen molar-refractivity contribution >= 4 is 11.7 Å². The van der Waals surface area contributed by atoms with Crippen LogP contribution in [-0.2, 0) is 4.79 Å². The van der Waals surface area contributed by atoms with Crippen molar-refractivity contribution in [1.82, 2.24) is 15.3 Å². The van der Waals surface area contributed by atoms with Gasteiger partial charge in [0.15, 0.2) is 0 Å². The van der Waals surface area contributed by atoms with Crippen LogP contribution in [0, 0.1) is 6.92 Å². The molecule has 1 amide bonds. The van der Waals surface area contributed by atoms with E-state index in [0.29, 0.717) is 0 Å². The summed E-state index contributed by atoms with van der Waals surface area (Å²) in [5, 5.41) is 2.93. The number of aryl methyl sites for hydroxylation is 1. The van der Waals surface area contributed by atoms with Crippen molar-refractivity contribution in [2.45, 2.75) is 26.3 Å². The van der Waals surface area contributed by atoms with Gasteiger partial charge in [-0.05, 0) is 13.3 Å². The molecule has 0 aromatic carbocycles. The number of carbonyl (C=O) groups excluding carboxylic acids is 1. The van der Waals surface area contributed by atoms with Crippen LogP contribution in [0.15, 0.2) is 12.4 Å². The van der Waals surface area contributed by atoms with Crippen LogP contribution in [0.5, 0.6) is 0 Å². The summed E-state index contributed by atoms with van der Waals surface area (Å²) in [6, 6.07) is 2.21. The van der Waals surface area contributed by atoms with Gasteiger partial charge < -0.3 is 10.2 Å². The number of anilines is 1. The first-order chi connectivity index (χ1) is 7.65. The molecule has 5 nitrogen and oxygen atoms in total. The summed E-state index contributed by atoms with van der Waals surface area (Å²) in [4.78, 5) is 21.4. The van der Waals surface area contributed by atoms with Gasteiger partial charge in [-0.25, -0.2) is 9.97 Å². The number of aromatic nitrogens is 2. The monoisotopic (exact) mass is 220 g/mol. The van der Waals surface area contributed by atoms with Crippen molar-refractivity contribution in [2.75, 3.05) is 18.0 Å². The first kappa shape index (κ1) is 10.9. The Morgan fingerprint density at radius 1 is 1.56 bits per heavy atom. The number of hydrogen-bond donors (Lipinski definition) is 1. The average Bonchev–Trinajstić information content (AvgIpc) is 2.65. The summed E-state index contributed by atoms with van der Waals surface area (Å²) in [6.45, 7) is 5.27. The summed E-state index contributed by atoms with van der Waals surface area (Å²) in [5.74, 6) is 0.978. The van der Waals surface area contributed by atoms with E-state index in [9.17, 15) is 4.79 Å². The highest BCUT2D eigenvalue weighted by molar-refractivity contribution is 5.73. The molecule has 1 fully saturated rings. The number of rotatable bonds is 2. The molecule has 1 aliphatic heterocycles. The Bertz CT molecular complexity index is 393. The Labute approximate surface area is 94.9 Å². The smallest absolute Gasteiger partial charge is 0.217 e. The maximum Gasteiger partial charge on any atom is 0.217 e. The molecule has 1 N–H and O–H groups in total. The minimum Gasteiger partial charge on any atom is -0.354 e. The molecule has 1 atom stereocenters. The molecule has 0 radical (unpaired) electrons. The maximum atomic E-state index is 10.9. The van der Waals surface area contributed by atoms with E-state index in [4.69, 9.17) is 0 Å². The van der Waals surface area contributed by atoms with Crippen molar-refractivity contribution in [3.05, 3.63) is 18.1 Å². The lowest BCUT2D eigenvalue weighted by Gasteiger charge is -2.17. The Hall–Kier alpha value is -1.65. The van der Waals surface area contributed by atoms with Gasteiger partial charge in [0.25, 0.3) is 0 Å². The SMILES string of the molecule is CC(=O)N[C@H]1CCN(c2cc(C)ncn2)C1. The largest absolute Gasteiger partial charge is 0.354 e. The molecule has 16 heavy (non-hydrogen) atoms. The first-order valence-corrected chi connectivity index (χ1v) is 5.46. The van der Waals surface area contributed by atoms with Gasteiger partial charge in [0.2, 0.25) is 5.91 Å². The molecule has 0 aliphatic carbocycles. The Kier molecular flexibility index (Phi) is 3.03. The fraction of sp³-hybridized carbons (Fsp3) is 0.545. The van der Waals surface area contributed by atoms with Crippen molar-refractivity contribution in [2.24, 2.45) is 0 Å². The number of nitrogens with zero attached hydrogens (tertiary/aromatic N) is 3. The van der Waals surface area contributed by atoms with Gasteiger partial charge in [0.1, 0.15) is 12.1 Å². The number of amides is 1. The molecule has 1 aliphatic rings. The fourth-order valence-corrected chi connectivity index (χ4v) is 1.99. The van der Waals surface area contributed by atoms with Crippen molar-refractivity contribution < 1.29 is 4.79 Å². The number of hydrogen-bond acceptors (Lipinski definition) is 4. The second-order valence-corrected chi connectivity index (χ2v) is 4.15. The van der Waals surface area contributed by atoms with Crippen LogP contribution in [0.2, 0.25) is 0 Å². The van der Waals surface area contributed by atoms with Gasteiger partial charge in [0, 0.05) is 37.8 Å². The predicted octanol–water partition coefficient (Wildman–Crippen LogP) is 0.500. The van der Waals surface area contributed by atoms with E-state index in [1.54, 1.807) is 13.3 Å². The minimum absolute atomic E-state index is 0.0331. The Morgan fingerprint density at radius 3 is 3.06 bits per heavy atom. The zero-order valence-corrected chi connectivity index (χ0v) is 9.60. The van der Waals surface area contributed by atoms with E-state index in [-0.39, 0.29) is 11.9 Å². The average molecular weight is 220 g/mol. The second kappa shape index (κ2) is 4.47. The summed E-state index contributed by atoms with van der Waals surface area (Å²) in [6.07, 6.45) is 2.55. The van der Waals surface area contributed by atoms with E-state index >= 15 is 0 Å². The molecule has 0 bridgehead atoms. The number of carbonyl (C=O) groups is 1. The van der Waals surface area contributed by atoms with E-state index in [0.717, 1.165) is 31.0 Å². The van der Waals surface area contributed by atoms with Crippen LogP contribution in [0.1, 0.15) is 19.0 Å². The predicted molar refractivity (Wildman–Crippen MR) is 61.2 cm³/mol. The van der Waals surface area contributed by atoms with E-state index in [1.807, 2.05) is 13.0 Å². The third kappa shape index (κ3) is 2.48. The van der Waals surface area contributed by atoms with Crippen molar-refractivity contribution in [3.63, 3.8) is 0 Å². The van der Waals surface area contributed by atoms with Gasteiger partial charge in [-0.15, -0.1) is 0 Å². The fourth-order valence-electron chi connectivity index (χ4n) is 1.99. The van der Waals surface area contributed by atoms with Crippen LogP contribution in [0.3, 0.4) is 0 Å². The van der Waals surface area contributed by atoms with E-state index in [1.165, 1.54) is 0 Å². The Balaban J connectivity index is 2.00. The molecule has 0 saturated carbocycles. The highest BCUT2D eigenvalue weighted by atomic mass is 16.1. The zero-order chi connectivity index (χ0) is 11.5. The molecule has 5 heteroatoms. The molecule has 1 saturated heterocycles. The van der Waals surface area contributed by atoms with Gasteiger partial charge >= 0.3 is 0 Å². The molecule has 1 aromatic heterocycles. The van der Waals surface area contributed by atoms with Crippen molar-refractivity contribution in [1.29, 1.82) is 0 Å². The zero-order valence-electron chi connectivity index (χ0n) is 9.60. The van der Waals surface area contributed by atoms with Crippen LogP contribution < -0.4 is 10.2 Å². The second-order valence-electron chi connectivity index (χ2n) is 4.15. The summed E-state index contributed by atoms with van der Waals surface area (Å²) in [7, 11) is 0. The molecule has 86 valence electrons. The topological polar surface area (TPSA) is 58.1 Å². The molecule has 0 unspecified atom stereocenters. The van der Waals surface area contributed by atoms with Crippen LogP contribution in [0.25, 0.3) is 0 Å². The minimum atomic E-state index is 0.0331. The Morgan fingerprint density at radius 2 is 2.38 bits per heavy atom. The molecule has 2 rings (SSSR count). The third-order valence-corrected chi connectivity index (χ3v) is 2.71. The lowest BCUT2D eigenvalue weighted by atomic mass is 10.3. The molecule has 1 aromatic rings. The first-order valence-electron chi connectivity index (χ1n) is 5.46. The van der Waals surface area contributed by atoms with Gasteiger partial charge in [-0.1, -0.05) is 0 Å². The van der Waals surface area contributed by atoms with Crippen LogP contribution >= 0.6 is 0 Å². The van der Waals surface area contributed by atoms with Crippen molar-refractivity contribution in [3.8, 4) is 0 Å². The molecule has 0 spiro atoms. The summed E-state index contributed by atoms with van der Waals surface area (Å²) >= 11 is 0. The molecular formula is C11H16N4O. The lowest BCUT2D eigenvalue weighted by Crippen LogP contribution is -2.35. The van der Waals surface area contributed by atoms with Gasteiger partial charge in [-0.3, -0.25) is 4.79 Å². The lowest BCUT2D eigenvalue weighted by molar-refractivity contribution is -0.119. The highest BCUT2D eigenvalue weighted by Crippen LogP contribution is 2.17. The molecular weight excluding hydrogens is 204 g/mol. The van der Waals surface area contributed by atoms with E-state index in [2.05, 4.69) is 20.2 Å². The summed E-state index contributed by atoms with van der Waals surface area (Å²) in [5.41, 5.74) is 0.966. The van der Waals surface area contributed by atoms with Crippen LogP contribution in [-0.4, -0.2) is 35.0 Å².